The maximum atomic E-state index is 11.8. The Morgan fingerprint density at radius 1 is 1.35 bits per heavy atom. The number of aliphatic hydroxyl groups is 1. The molecule has 1 aromatic carbocycles. The molecule has 20 heavy (non-hydrogen) atoms. The zero-order chi connectivity index (χ0) is 13.9. The Balaban J connectivity index is 1.66. The molecule has 0 spiro atoms. The number of rotatable bonds is 4. The van der Waals surface area contributed by atoms with Gasteiger partial charge in [-0.15, -0.1) is 0 Å². The number of aliphatic hydroxyl groups excluding tert-OH is 1. The van der Waals surface area contributed by atoms with Crippen LogP contribution in [0.3, 0.4) is 0 Å². The fourth-order valence-electron chi connectivity index (χ4n) is 2.72. The van der Waals surface area contributed by atoms with E-state index < -0.39 is 0 Å². The van der Waals surface area contributed by atoms with E-state index in [-0.39, 0.29) is 18.4 Å². The maximum Gasteiger partial charge on any atom is 0.223 e. The van der Waals surface area contributed by atoms with Crippen molar-refractivity contribution in [3.8, 4) is 0 Å². The Bertz CT molecular complexity index is 627. The van der Waals surface area contributed by atoms with Crippen LogP contribution >= 0.6 is 0 Å². The summed E-state index contributed by atoms with van der Waals surface area (Å²) in [4.78, 5) is 18.0. The van der Waals surface area contributed by atoms with Gasteiger partial charge in [-0.05, 0) is 24.1 Å². The lowest BCUT2D eigenvalue weighted by Crippen LogP contribution is -2.27. The van der Waals surface area contributed by atoms with Crippen molar-refractivity contribution in [2.45, 2.75) is 12.8 Å². The number of amides is 1. The quantitative estimate of drug-likeness (QED) is 0.918. The van der Waals surface area contributed by atoms with Crippen LogP contribution in [0.25, 0.3) is 10.9 Å². The zero-order valence-corrected chi connectivity index (χ0v) is 11.3. The first-order valence-corrected chi connectivity index (χ1v) is 6.98. The van der Waals surface area contributed by atoms with Crippen molar-refractivity contribution in [2.24, 2.45) is 5.92 Å². The highest BCUT2D eigenvalue weighted by Gasteiger charge is 2.28. The number of pyridine rings is 1. The van der Waals surface area contributed by atoms with Crippen LogP contribution in [0, 0.1) is 5.92 Å². The van der Waals surface area contributed by atoms with E-state index in [9.17, 15) is 4.79 Å². The van der Waals surface area contributed by atoms with Gasteiger partial charge in [0.05, 0.1) is 5.52 Å². The van der Waals surface area contributed by atoms with Gasteiger partial charge in [0.2, 0.25) is 5.91 Å². The second kappa shape index (κ2) is 5.59. The minimum atomic E-state index is 0.0993. The molecular formula is C16H18N2O2. The van der Waals surface area contributed by atoms with Crippen LogP contribution in [0.5, 0.6) is 0 Å². The molecule has 4 nitrogen and oxygen atoms in total. The average molecular weight is 270 g/mol. The van der Waals surface area contributed by atoms with Gasteiger partial charge in [0, 0.05) is 43.6 Å². The Morgan fingerprint density at radius 3 is 3.05 bits per heavy atom. The summed E-state index contributed by atoms with van der Waals surface area (Å²) >= 11 is 0. The van der Waals surface area contributed by atoms with Crippen LogP contribution in [-0.2, 0) is 11.2 Å². The SMILES string of the molecule is O=C1CC(CO)CN1CCc1ccc2cccnc2c1. The van der Waals surface area contributed by atoms with Gasteiger partial charge in [-0.1, -0.05) is 18.2 Å². The number of carbonyl (C=O) groups excluding carboxylic acids is 1. The molecule has 0 aliphatic carbocycles. The molecule has 104 valence electrons. The summed E-state index contributed by atoms with van der Waals surface area (Å²) in [7, 11) is 0. The molecule has 1 N–H and O–H groups in total. The first-order valence-electron chi connectivity index (χ1n) is 6.98. The highest BCUT2D eigenvalue weighted by Crippen LogP contribution is 2.18. The summed E-state index contributed by atoms with van der Waals surface area (Å²) < 4.78 is 0. The topological polar surface area (TPSA) is 53.4 Å². The van der Waals surface area contributed by atoms with E-state index in [1.807, 2.05) is 17.0 Å². The standard InChI is InChI=1S/C16H18N2O2/c19-11-13-9-16(20)18(10-13)7-5-12-3-4-14-2-1-6-17-15(14)8-12/h1-4,6,8,13,19H,5,7,9-11H2. The van der Waals surface area contributed by atoms with Crippen LogP contribution in [0.2, 0.25) is 0 Å². The third kappa shape index (κ3) is 2.65. The van der Waals surface area contributed by atoms with E-state index >= 15 is 0 Å². The number of hydrogen-bond acceptors (Lipinski definition) is 3. The molecule has 0 radical (unpaired) electrons. The van der Waals surface area contributed by atoms with Crippen molar-refractivity contribution >= 4 is 16.8 Å². The number of nitrogens with zero attached hydrogens (tertiary/aromatic N) is 2. The monoisotopic (exact) mass is 270 g/mol. The van der Waals surface area contributed by atoms with Crippen molar-refractivity contribution in [1.29, 1.82) is 0 Å². The molecule has 1 aromatic heterocycles. The Morgan fingerprint density at radius 2 is 2.25 bits per heavy atom. The van der Waals surface area contributed by atoms with Gasteiger partial charge in [0.1, 0.15) is 0 Å². The van der Waals surface area contributed by atoms with Crippen LogP contribution in [0.4, 0.5) is 0 Å². The molecule has 1 unspecified atom stereocenters. The Kier molecular flexibility index (Phi) is 3.65. The highest BCUT2D eigenvalue weighted by molar-refractivity contribution is 5.79. The lowest BCUT2D eigenvalue weighted by Gasteiger charge is -2.16. The Labute approximate surface area is 118 Å². The molecule has 1 aliphatic rings. The molecular weight excluding hydrogens is 252 g/mol. The van der Waals surface area contributed by atoms with Gasteiger partial charge in [-0.25, -0.2) is 0 Å². The third-order valence-corrected chi connectivity index (χ3v) is 3.89. The van der Waals surface area contributed by atoms with Crippen molar-refractivity contribution in [1.82, 2.24) is 9.88 Å². The number of aromatic nitrogens is 1. The molecule has 1 fully saturated rings. The van der Waals surface area contributed by atoms with Crippen LogP contribution < -0.4 is 0 Å². The number of likely N-dealkylation sites (tertiary alicyclic amines) is 1. The molecule has 0 bridgehead atoms. The molecule has 1 aliphatic heterocycles. The predicted octanol–water partition coefficient (Wildman–Crippen LogP) is 1.62. The molecule has 2 aromatic rings. The van der Waals surface area contributed by atoms with Gasteiger partial charge in [-0.2, -0.15) is 0 Å². The predicted molar refractivity (Wildman–Crippen MR) is 77.2 cm³/mol. The van der Waals surface area contributed by atoms with E-state index in [1.165, 1.54) is 5.56 Å². The average Bonchev–Trinajstić information content (AvgIpc) is 2.85. The second-order valence-electron chi connectivity index (χ2n) is 5.37. The molecule has 0 saturated carbocycles. The zero-order valence-electron chi connectivity index (χ0n) is 11.3. The second-order valence-corrected chi connectivity index (χ2v) is 5.37. The normalized spacial score (nSPS) is 18.9. The highest BCUT2D eigenvalue weighted by atomic mass is 16.3. The van der Waals surface area contributed by atoms with E-state index in [2.05, 4.69) is 23.2 Å². The largest absolute Gasteiger partial charge is 0.396 e. The van der Waals surface area contributed by atoms with Gasteiger partial charge >= 0.3 is 0 Å². The van der Waals surface area contributed by atoms with Gasteiger partial charge in [0.15, 0.2) is 0 Å². The van der Waals surface area contributed by atoms with Gasteiger partial charge in [-0.3, -0.25) is 9.78 Å². The van der Waals surface area contributed by atoms with Crippen LogP contribution in [0.15, 0.2) is 36.5 Å². The minimum absolute atomic E-state index is 0.0993. The van der Waals surface area contributed by atoms with Crippen molar-refractivity contribution < 1.29 is 9.90 Å². The number of fused-ring (bicyclic) bond motifs is 1. The van der Waals surface area contributed by atoms with Gasteiger partial charge < -0.3 is 10.0 Å². The first-order chi connectivity index (χ1) is 9.76. The van der Waals surface area contributed by atoms with Crippen molar-refractivity contribution in [3.63, 3.8) is 0 Å². The summed E-state index contributed by atoms with van der Waals surface area (Å²) in [6.45, 7) is 1.50. The fraction of sp³-hybridized carbons (Fsp3) is 0.375. The van der Waals surface area contributed by atoms with Crippen molar-refractivity contribution in [3.05, 3.63) is 42.1 Å². The van der Waals surface area contributed by atoms with E-state index in [1.54, 1.807) is 6.20 Å². The number of hydrogen-bond donors (Lipinski definition) is 1. The number of carbonyl (C=O) groups is 1. The smallest absolute Gasteiger partial charge is 0.223 e. The molecule has 1 amide bonds. The minimum Gasteiger partial charge on any atom is -0.396 e. The van der Waals surface area contributed by atoms with Crippen LogP contribution in [-0.4, -0.2) is 40.6 Å². The fourth-order valence-corrected chi connectivity index (χ4v) is 2.72. The van der Waals surface area contributed by atoms with Gasteiger partial charge in [0.25, 0.3) is 0 Å². The lowest BCUT2D eigenvalue weighted by atomic mass is 10.1. The molecule has 4 heteroatoms. The summed E-state index contributed by atoms with van der Waals surface area (Å²) in [5.74, 6) is 0.267. The van der Waals surface area contributed by atoms with Crippen molar-refractivity contribution in [2.75, 3.05) is 19.7 Å². The Hall–Kier alpha value is -1.94. The summed E-state index contributed by atoms with van der Waals surface area (Å²) in [5.41, 5.74) is 2.18. The molecule has 3 rings (SSSR count). The van der Waals surface area contributed by atoms with E-state index in [0.717, 1.165) is 17.3 Å². The summed E-state index contributed by atoms with van der Waals surface area (Å²) in [6, 6.07) is 10.2. The molecule has 1 saturated heterocycles. The lowest BCUT2D eigenvalue weighted by molar-refractivity contribution is -0.127. The summed E-state index contributed by atoms with van der Waals surface area (Å²) in [6.07, 6.45) is 3.11. The first kappa shape index (κ1) is 13.1. The van der Waals surface area contributed by atoms with E-state index in [0.29, 0.717) is 19.5 Å². The summed E-state index contributed by atoms with van der Waals surface area (Å²) in [5, 5.41) is 10.3. The third-order valence-electron chi connectivity index (χ3n) is 3.89. The maximum absolute atomic E-state index is 11.8. The molecule has 1 atom stereocenters. The van der Waals surface area contributed by atoms with E-state index in [4.69, 9.17) is 5.11 Å². The van der Waals surface area contributed by atoms with Crippen LogP contribution in [0.1, 0.15) is 12.0 Å². The molecule has 2 heterocycles. The number of benzene rings is 1.